The van der Waals surface area contributed by atoms with Crippen molar-refractivity contribution in [2.45, 2.75) is 61.9 Å². The van der Waals surface area contributed by atoms with E-state index in [1.165, 1.54) is 0 Å². The normalized spacial score (nSPS) is 37.3. The summed E-state index contributed by atoms with van der Waals surface area (Å²) in [6.07, 6.45) is 1.96. The molecular formula is C20H29N2O6P-2. The molecule has 162 valence electrons. The zero-order valence-electron chi connectivity index (χ0n) is 16.8. The van der Waals surface area contributed by atoms with Crippen molar-refractivity contribution in [1.29, 1.82) is 0 Å². The minimum Gasteiger partial charge on any atom is -0.790 e. The van der Waals surface area contributed by atoms with Gasteiger partial charge in [-0.15, -0.1) is 0 Å². The zero-order chi connectivity index (χ0) is 20.8. The highest BCUT2D eigenvalue weighted by atomic mass is 31.2. The Morgan fingerprint density at radius 1 is 1.31 bits per heavy atom. The molecule has 29 heavy (non-hydrogen) atoms. The standard InChI is InChI=1S/C20H31N2O6P/c1-21-14-10-20-8-7-18(28-29(24,25)26)16(11-20)19(23)17(22(20)12-14)9-13-3-5-15(27-2)6-4-13/h3-6,14,16-19,21,23H,7-12H2,1-2H3,(H2,24,25,26)/p-2/t14-,16-,17-,18-,19-,20+/m0/s1. The van der Waals surface area contributed by atoms with Crippen molar-refractivity contribution in [3.05, 3.63) is 29.8 Å². The molecule has 8 nitrogen and oxygen atoms in total. The van der Waals surface area contributed by atoms with E-state index in [2.05, 4.69) is 10.2 Å². The van der Waals surface area contributed by atoms with Crippen molar-refractivity contribution in [3.63, 3.8) is 0 Å². The third-order valence-electron chi connectivity index (χ3n) is 7.15. The predicted octanol–water partition coefficient (Wildman–Crippen LogP) is 0.0273. The Bertz CT molecular complexity index is 771. The summed E-state index contributed by atoms with van der Waals surface area (Å²) in [5, 5.41) is 14.6. The largest absolute Gasteiger partial charge is 0.790 e. The van der Waals surface area contributed by atoms with Gasteiger partial charge in [0.05, 0.1) is 27.1 Å². The number of hydrogen-bond donors (Lipinski definition) is 2. The summed E-state index contributed by atoms with van der Waals surface area (Å²) in [5.41, 5.74) is 0.985. The van der Waals surface area contributed by atoms with Gasteiger partial charge in [0.15, 0.2) is 0 Å². The molecule has 0 aromatic heterocycles. The first-order chi connectivity index (χ1) is 13.7. The van der Waals surface area contributed by atoms with Crippen LogP contribution < -0.4 is 19.8 Å². The number of nitrogens with zero attached hydrogens (tertiary/aromatic N) is 1. The van der Waals surface area contributed by atoms with Crippen LogP contribution in [0, 0.1) is 5.92 Å². The van der Waals surface area contributed by atoms with Crippen molar-refractivity contribution >= 4 is 7.82 Å². The molecule has 0 unspecified atom stereocenters. The third-order valence-corrected chi connectivity index (χ3v) is 7.68. The van der Waals surface area contributed by atoms with Crippen molar-refractivity contribution in [1.82, 2.24) is 10.2 Å². The Labute approximate surface area is 171 Å². The van der Waals surface area contributed by atoms with E-state index in [0.717, 1.165) is 30.7 Å². The van der Waals surface area contributed by atoms with Crippen LogP contribution in [0.1, 0.15) is 31.2 Å². The minimum atomic E-state index is -5.10. The van der Waals surface area contributed by atoms with Crippen molar-refractivity contribution in [2.24, 2.45) is 5.92 Å². The van der Waals surface area contributed by atoms with E-state index in [1.54, 1.807) is 7.11 Å². The van der Waals surface area contributed by atoms with Gasteiger partial charge in [0.25, 0.3) is 0 Å². The number of aliphatic hydroxyl groups excluding tert-OH is 1. The van der Waals surface area contributed by atoms with Gasteiger partial charge in [0.1, 0.15) is 5.75 Å². The van der Waals surface area contributed by atoms with E-state index in [9.17, 15) is 19.5 Å². The average Bonchev–Trinajstić information content (AvgIpc) is 3.05. The lowest BCUT2D eigenvalue weighted by Crippen LogP contribution is -2.66. The zero-order valence-corrected chi connectivity index (χ0v) is 17.7. The third kappa shape index (κ3) is 4.12. The monoisotopic (exact) mass is 424 g/mol. The van der Waals surface area contributed by atoms with Crippen LogP contribution >= 0.6 is 7.82 Å². The molecule has 4 rings (SSSR count). The number of hydrogen-bond acceptors (Lipinski definition) is 8. The van der Waals surface area contributed by atoms with E-state index in [4.69, 9.17) is 9.26 Å². The summed E-state index contributed by atoms with van der Waals surface area (Å²) in [4.78, 5) is 24.9. The van der Waals surface area contributed by atoms with Gasteiger partial charge >= 0.3 is 0 Å². The van der Waals surface area contributed by atoms with Gasteiger partial charge in [-0.25, -0.2) is 0 Å². The highest BCUT2D eigenvalue weighted by molar-refractivity contribution is 7.43. The second-order valence-electron chi connectivity index (χ2n) is 8.67. The molecule has 3 fully saturated rings. The number of rotatable bonds is 6. The van der Waals surface area contributed by atoms with Gasteiger partial charge in [-0.3, -0.25) is 4.90 Å². The number of ether oxygens (including phenoxy) is 1. The van der Waals surface area contributed by atoms with Crippen molar-refractivity contribution < 1.29 is 28.7 Å². The van der Waals surface area contributed by atoms with E-state index in [1.807, 2.05) is 31.3 Å². The molecule has 1 saturated carbocycles. The molecule has 9 heteroatoms. The first kappa shape index (κ1) is 21.2. The summed E-state index contributed by atoms with van der Waals surface area (Å²) in [6.45, 7) is 0.841. The Hall–Kier alpha value is -0.990. The average molecular weight is 424 g/mol. The van der Waals surface area contributed by atoms with Gasteiger partial charge in [-0.05, 0) is 56.8 Å². The van der Waals surface area contributed by atoms with Crippen LogP contribution in [0.3, 0.4) is 0 Å². The Morgan fingerprint density at radius 3 is 2.66 bits per heavy atom. The summed E-state index contributed by atoms with van der Waals surface area (Å²) in [5.74, 6) is 0.410. The number of piperidine rings is 1. The maximum Gasteiger partial charge on any atom is 0.118 e. The van der Waals surface area contributed by atoms with Gasteiger partial charge in [-0.1, -0.05) is 12.1 Å². The van der Waals surface area contributed by atoms with Crippen LogP contribution in [0.2, 0.25) is 0 Å². The van der Waals surface area contributed by atoms with Crippen LogP contribution in [0.5, 0.6) is 5.75 Å². The first-order valence-corrected chi connectivity index (χ1v) is 11.7. The highest BCUT2D eigenvalue weighted by Crippen LogP contribution is 2.53. The predicted molar refractivity (Wildman–Crippen MR) is 103 cm³/mol. The Morgan fingerprint density at radius 2 is 2.03 bits per heavy atom. The van der Waals surface area contributed by atoms with Crippen LogP contribution in [-0.2, 0) is 15.5 Å². The number of benzene rings is 1. The number of aliphatic hydroxyl groups is 1. The van der Waals surface area contributed by atoms with Crippen LogP contribution in [0.4, 0.5) is 0 Å². The van der Waals surface area contributed by atoms with E-state index >= 15 is 0 Å². The van der Waals surface area contributed by atoms with Crippen LogP contribution in [-0.4, -0.2) is 60.5 Å². The summed E-state index contributed by atoms with van der Waals surface area (Å²) < 4.78 is 21.4. The number of phosphoric ester groups is 1. The molecule has 2 heterocycles. The quantitative estimate of drug-likeness (QED) is 0.615. The summed E-state index contributed by atoms with van der Waals surface area (Å²) in [6, 6.07) is 7.95. The fourth-order valence-electron chi connectivity index (χ4n) is 5.84. The van der Waals surface area contributed by atoms with Crippen LogP contribution in [0.25, 0.3) is 0 Å². The second-order valence-corrected chi connectivity index (χ2v) is 9.78. The highest BCUT2D eigenvalue weighted by Gasteiger charge is 2.59. The lowest BCUT2D eigenvalue weighted by atomic mass is 9.65. The molecule has 2 aliphatic heterocycles. The van der Waals surface area contributed by atoms with Gasteiger partial charge < -0.3 is 34.0 Å². The second kappa shape index (κ2) is 7.93. The molecule has 1 aliphatic carbocycles. The number of methoxy groups -OCH3 is 1. The molecule has 2 saturated heterocycles. The van der Waals surface area contributed by atoms with Gasteiger partial charge in [0.2, 0.25) is 0 Å². The maximum absolute atomic E-state index is 11.3. The smallest absolute Gasteiger partial charge is 0.118 e. The van der Waals surface area contributed by atoms with Crippen LogP contribution in [0.15, 0.2) is 24.3 Å². The molecule has 6 atom stereocenters. The molecule has 1 aromatic carbocycles. The molecule has 0 amide bonds. The molecule has 0 radical (unpaired) electrons. The van der Waals surface area contributed by atoms with E-state index in [0.29, 0.717) is 25.3 Å². The minimum absolute atomic E-state index is 0.0929. The van der Waals surface area contributed by atoms with Gasteiger partial charge in [-0.2, -0.15) is 0 Å². The Kier molecular flexibility index (Phi) is 5.81. The van der Waals surface area contributed by atoms with E-state index < -0.39 is 20.0 Å². The fraction of sp³-hybridized carbons (Fsp3) is 0.700. The maximum atomic E-state index is 11.3. The molecule has 3 aliphatic rings. The topological polar surface area (TPSA) is 117 Å². The molecule has 2 N–H and O–H groups in total. The van der Waals surface area contributed by atoms with Gasteiger partial charge in [0, 0.05) is 30.1 Å². The number of fused-ring (bicyclic) bond motifs is 1. The first-order valence-electron chi connectivity index (χ1n) is 10.2. The lowest BCUT2D eigenvalue weighted by Gasteiger charge is -2.58. The fourth-order valence-corrected chi connectivity index (χ4v) is 6.43. The van der Waals surface area contributed by atoms with Crippen molar-refractivity contribution in [3.8, 4) is 5.75 Å². The molecule has 1 spiro atoms. The number of likely N-dealkylation sites (N-methyl/N-ethyl adjacent to an activating group) is 1. The summed E-state index contributed by atoms with van der Waals surface area (Å²) in [7, 11) is -1.53. The number of phosphoric acid groups is 1. The lowest BCUT2D eigenvalue weighted by molar-refractivity contribution is -0.348. The molecular weight excluding hydrogens is 395 g/mol. The molecule has 1 aromatic rings. The summed E-state index contributed by atoms with van der Waals surface area (Å²) >= 11 is 0. The van der Waals surface area contributed by atoms with E-state index in [-0.39, 0.29) is 17.5 Å². The van der Waals surface area contributed by atoms with Crippen molar-refractivity contribution in [2.75, 3.05) is 20.7 Å². The SMILES string of the molecule is CN[C@@H]1CN2[C@@H](Cc3ccc(OC)cc3)[C@@H](O)[C@H]3C[C@@]2(CC[C@@H]3OP(=O)([O-])[O-])C1. The number of nitrogens with one attached hydrogen (secondary N) is 1. The Balaban J connectivity index is 1.62. The molecule has 2 bridgehead atoms.